The minimum atomic E-state index is -0.436. The lowest BCUT2D eigenvalue weighted by Gasteiger charge is -2.17. The van der Waals surface area contributed by atoms with Gasteiger partial charge in [-0.2, -0.15) is 0 Å². The van der Waals surface area contributed by atoms with Crippen molar-refractivity contribution < 1.29 is 4.79 Å². The van der Waals surface area contributed by atoms with Gasteiger partial charge in [0, 0.05) is 24.1 Å². The van der Waals surface area contributed by atoms with E-state index in [1.54, 1.807) is 10.9 Å². The minimum absolute atomic E-state index is 0.0337. The lowest BCUT2D eigenvalue weighted by molar-refractivity contribution is 0.0850. The summed E-state index contributed by atoms with van der Waals surface area (Å²) in [5.41, 5.74) is 2.08. The Bertz CT molecular complexity index is 936. The van der Waals surface area contributed by atoms with Crippen LogP contribution < -0.4 is 5.32 Å². The Kier molecular flexibility index (Phi) is 9.49. The number of hydrogen-bond donors (Lipinski definition) is 1. The van der Waals surface area contributed by atoms with Crippen LogP contribution in [0.4, 0.5) is 5.95 Å². The van der Waals surface area contributed by atoms with Gasteiger partial charge in [0.25, 0.3) is 0 Å². The highest BCUT2D eigenvalue weighted by Gasteiger charge is 2.26. The van der Waals surface area contributed by atoms with E-state index >= 15 is 0 Å². The maximum absolute atomic E-state index is 12.2. The van der Waals surface area contributed by atoms with E-state index in [9.17, 15) is 4.79 Å². The molecule has 0 radical (unpaired) electrons. The fourth-order valence-electron chi connectivity index (χ4n) is 2.43. The van der Waals surface area contributed by atoms with Gasteiger partial charge in [0.2, 0.25) is 5.95 Å². The average Bonchev–Trinajstić information content (AvgIpc) is 3.24. The molecule has 1 aromatic carbocycles. The number of anilines is 1. The van der Waals surface area contributed by atoms with Crippen LogP contribution in [0.25, 0.3) is 5.69 Å². The van der Waals surface area contributed by atoms with Crippen LogP contribution in [-0.4, -0.2) is 37.8 Å². The number of hydrogen-bond acceptors (Lipinski definition) is 6. The van der Waals surface area contributed by atoms with Gasteiger partial charge in [-0.15, -0.1) is 5.10 Å². The van der Waals surface area contributed by atoms with Gasteiger partial charge in [0.05, 0.1) is 17.6 Å². The van der Waals surface area contributed by atoms with Gasteiger partial charge < -0.3 is 5.32 Å². The fourth-order valence-corrected chi connectivity index (χ4v) is 2.43. The van der Waals surface area contributed by atoms with Gasteiger partial charge in [-0.25, -0.2) is 14.6 Å². The quantitative estimate of drug-likeness (QED) is 0.571. The Labute approximate surface area is 186 Å². The number of benzene rings is 1. The molecule has 168 valence electrons. The second kappa shape index (κ2) is 11.3. The molecular weight excluding hydrogens is 388 g/mol. The molecule has 0 saturated heterocycles. The fraction of sp³-hybridized carbons (Fsp3) is 0.458. The first-order chi connectivity index (χ1) is 14.5. The SMILES string of the molecule is CC.CC(C)(C)C(=O)c1cnnn1-c1ccccc1.CNc1nccc(C(C)(C)C)n1. The summed E-state index contributed by atoms with van der Waals surface area (Å²) in [5, 5.41) is 10.7. The highest BCUT2D eigenvalue weighted by molar-refractivity contribution is 5.98. The monoisotopic (exact) mass is 424 g/mol. The number of ketones is 1. The topological polar surface area (TPSA) is 85.6 Å². The predicted molar refractivity (Wildman–Crippen MR) is 127 cm³/mol. The summed E-state index contributed by atoms with van der Waals surface area (Å²) >= 11 is 0. The Balaban J connectivity index is 0.000000303. The van der Waals surface area contributed by atoms with E-state index in [2.05, 4.69) is 46.4 Å². The first-order valence-electron chi connectivity index (χ1n) is 10.6. The van der Waals surface area contributed by atoms with Crippen molar-refractivity contribution in [2.75, 3.05) is 12.4 Å². The van der Waals surface area contributed by atoms with E-state index in [-0.39, 0.29) is 11.2 Å². The van der Waals surface area contributed by atoms with Crippen LogP contribution in [0, 0.1) is 5.41 Å². The molecule has 0 aliphatic rings. The van der Waals surface area contributed by atoms with E-state index < -0.39 is 5.41 Å². The second-order valence-electron chi connectivity index (χ2n) is 8.71. The highest BCUT2D eigenvalue weighted by atomic mass is 16.1. The number of nitrogens with one attached hydrogen (secondary N) is 1. The lowest BCUT2D eigenvalue weighted by Crippen LogP contribution is -2.23. The Hall–Kier alpha value is -3.09. The van der Waals surface area contributed by atoms with E-state index in [0.29, 0.717) is 11.6 Å². The number of nitrogens with zero attached hydrogens (tertiary/aromatic N) is 5. The Morgan fingerprint density at radius 2 is 1.58 bits per heavy atom. The average molecular weight is 425 g/mol. The summed E-state index contributed by atoms with van der Waals surface area (Å²) in [6, 6.07) is 11.5. The molecule has 0 spiro atoms. The van der Waals surface area contributed by atoms with Crippen molar-refractivity contribution in [3.05, 3.63) is 60.2 Å². The molecule has 31 heavy (non-hydrogen) atoms. The molecule has 7 nitrogen and oxygen atoms in total. The van der Waals surface area contributed by atoms with Crippen molar-refractivity contribution in [1.82, 2.24) is 25.0 Å². The molecule has 0 aliphatic carbocycles. The van der Waals surface area contributed by atoms with E-state index in [1.807, 2.05) is 78.1 Å². The zero-order valence-electron chi connectivity index (χ0n) is 20.3. The molecule has 3 rings (SSSR count). The predicted octanol–water partition coefficient (Wildman–Crippen LogP) is 5.34. The van der Waals surface area contributed by atoms with E-state index in [1.165, 1.54) is 6.20 Å². The van der Waals surface area contributed by atoms with Gasteiger partial charge in [0.1, 0.15) is 5.69 Å². The van der Waals surface area contributed by atoms with Gasteiger partial charge in [-0.1, -0.05) is 78.8 Å². The molecular formula is C24H36N6O. The summed E-state index contributed by atoms with van der Waals surface area (Å²) < 4.78 is 1.58. The largest absolute Gasteiger partial charge is 0.357 e. The third-order valence-electron chi connectivity index (χ3n) is 4.11. The van der Waals surface area contributed by atoms with Crippen molar-refractivity contribution >= 4 is 11.7 Å². The summed E-state index contributed by atoms with van der Waals surface area (Å²) in [6.45, 7) is 16.1. The molecule has 0 unspecified atom stereocenters. The Morgan fingerprint density at radius 3 is 2.10 bits per heavy atom. The van der Waals surface area contributed by atoms with Crippen LogP contribution in [0.5, 0.6) is 0 Å². The molecule has 0 amide bonds. The van der Waals surface area contributed by atoms with Crippen LogP contribution in [0.15, 0.2) is 48.8 Å². The van der Waals surface area contributed by atoms with Crippen molar-refractivity contribution in [2.24, 2.45) is 5.41 Å². The third-order valence-corrected chi connectivity index (χ3v) is 4.11. The molecule has 0 bridgehead atoms. The number of carbonyl (C=O) groups is 1. The molecule has 2 heterocycles. The van der Waals surface area contributed by atoms with E-state index in [4.69, 9.17) is 0 Å². The lowest BCUT2D eigenvalue weighted by atomic mass is 9.89. The standard InChI is InChI=1S/C13H15N3O.C9H15N3.C2H6/c1-13(2,3)12(17)11-9-14-15-16(11)10-7-5-4-6-8-10;1-9(2,3)7-5-6-11-8(10-4)12-7;1-2/h4-9H,1-3H3;5-6H,1-4H3,(H,10,11,12);1-2H3. The molecule has 3 aromatic rings. The highest BCUT2D eigenvalue weighted by Crippen LogP contribution is 2.22. The summed E-state index contributed by atoms with van der Waals surface area (Å²) in [7, 11) is 1.82. The van der Waals surface area contributed by atoms with Crippen molar-refractivity contribution in [2.45, 2.75) is 60.8 Å². The van der Waals surface area contributed by atoms with E-state index in [0.717, 1.165) is 11.4 Å². The van der Waals surface area contributed by atoms with Gasteiger partial charge in [-0.05, 0) is 18.2 Å². The first kappa shape index (κ1) is 25.9. The van der Waals surface area contributed by atoms with Crippen molar-refractivity contribution in [3.8, 4) is 5.69 Å². The maximum Gasteiger partial charge on any atom is 0.222 e. The third kappa shape index (κ3) is 7.59. The number of Topliss-reactive ketones (excluding diaryl/α,β-unsaturated/α-hetero) is 1. The normalized spacial score (nSPS) is 10.9. The van der Waals surface area contributed by atoms with Crippen LogP contribution in [0.3, 0.4) is 0 Å². The summed E-state index contributed by atoms with van der Waals surface area (Å²) in [6.07, 6.45) is 3.29. The smallest absolute Gasteiger partial charge is 0.222 e. The van der Waals surface area contributed by atoms with Gasteiger partial charge in [-0.3, -0.25) is 4.79 Å². The van der Waals surface area contributed by atoms with Crippen molar-refractivity contribution in [3.63, 3.8) is 0 Å². The van der Waals surface area contributed by atoms with Crippen LogP contribution in [-0.2, 0) is 5.41 Å². The molecule has 2 aromatic heterocycles. The van der Waals surface area contributed by atoms with Crippen LogP contribution >= 0.6 is 0 Å². The maximum atomic E-state index is 12.2. The van der Waals surface area contributed by atoms with Crippen LogP contribution in [0.1, 0.15) is 71.6 Å². The summed E-state index contributed by atoms with van der Waals surface area (Å²) in [4.78, 5) is 20.6. The summed E-state index contributed by atoms with van der Waals surface area (Å²) in [5.74, 6) is 0.716. The number of carbonyl (C=O) groups excluding carboxylic acids is 1. The van der Waals surface area contributed by atoms with Gasteiger partial charge in [0.15, 0.2) is 5.78 Å². The number of para-hydroxylation sites is 1. The minimum Gasteiger partial charge on any atom is -0.357 e. The van der Waals surface area contributed by atoms with Crippen LogP contribution in [0.2, 0.25) is 0 Å². The van der Waals surface area contributed by atoms with Gasteiger partial charge >= 0.3 is 0 Å². The zero-order valence-corrected chi connectivity index (χ0v) is 20.3. The molecule has 0 saturated carbocycles. The molecule has 0 aliphatic heterocycles. The molecule has 0 atom stereocenters. The molecule has 0 fully saturated rings. The Morgan fingerprint density at radius 1 is 0.968 bits per heavy atom. The second-order valence-corrected chi connectivity index (χ2v) is 8.71. The zero-order chi connectivity index (χ0) is 23.7. The molecule has 1 N–H and O–H groups in total. The number of aromatic nitrogens is 5. The number of rotatable bonds is 3. The van der Waals surface area contributed by atoms with Crippen molar-refractivity contribution in [1.29, 1.82) is 0 Å². The molecule has 7 heteroatoms. The first-order valence-corrected chi connectivity index (χ1v) is 10.6.